The van der Waals surface area contributed by atoms with Crippen LogP contribution in [-0.2, 0) is 4.74 Å². The van der Waals surface area contributed by atoms with E-state index in [0.717, 1.165) is 6.42 Å². The standard InChI is InChI=1S/C18H31N3O3/c1-5-24-16(23)21-10-8-20(9-11-21)15(22)19-14-12-13-6-7-18(14,4)17(13,2)3/h13-14H,5-12H2,1-4H3,(H,19,22)/t13-,14-,18-/m1/s1. The molecule has 2 aliphatic carbocycles. The molecule has 1 saturated heterocycles. The van der Waals surface area contributed by atoms with Crippen molar-refractivity contribution in [2.45, 2.75) is 53.0 Å². The lowest BCUT2D eigenvalue weighted by Gasteiger charge is -2.41. The Morgan fingerprint density at radius 1 is 1.12 bits per heavy atom. The molecular formula is C18H31N3O3. The van der Waals surface area contributed by atoms with E-state index in [2.05, 4.69) is 26.1 Å². The van der Waals surface area contributed by atoms with Gasteiger partial charge in [-0.3, -0.25) is 0 Å². The van der Waals surface area contributed by atoms with Gasteiger partial charge in [-0.05, 0) is 42.9 Å². The molecule has 1 heterocycles. The third kappa shape index (κ3) is 2.64. The maximum absolute atomic E-state index is 12.7. The Morgan fingerprint density at radius 2 is 1.75 bits per heavy atom. The van der Waals surface area contributed by atoms with E-state index in [1.807, 2.05) is 4.90 Å². The average Bonchev–Trinajstić information content (AvgIpc) is 2.88. The zero-order chi connectivity index (χ0) is 17.5. The Morgan fingerprint density at radius 3 is 2.25 bits per heavy atom. The molecule has 0 radical (unpaired) electrons. The van der Waals surface area contributed by atoms with Gasteiger partial charge in [0.05, 0.1) is 6.61 Å². The minimum Gasteiger partial charge on any atom is -0.450 e. The predicted octanol–water partition coefficient (Wildman–Crippen LogP) is 2.68. The third-order valence-electron chi connectivity index (χ3n) is 7.18. The highest BCUT2D eigenvalue weighted by Gasteiger charge is 2.61. The summed E-state index contributed by atoms with van der Waals surface area (Å²) in [5, 5.41) is 3.30. The molecule has 2 saturated carbocycles. The summed E-state index contributed by atoms with van der Waals surface area (Å²) in [7, 11) is 0. The molecule has 1 N–H and O–H groups in total. The van der Waals surface area contributed by atoms with E-state index in [-0.39, 0.29) is 23.6 Å². The fraction of sp³-hybridized carbons (Fsp3) is 0.889. The molecule has 0 aromatic heterocycles. The lowest BCUT2D eigenvalue weighted by molar-refractivity contribution is 0.0814. The van der Waals surface area contributed by atoms with E-state index >= 15 is 0 Å². The molecule has 136 valence electrons. The summed E-state index contributed by atoms with van der Waals surface area (Å²) >= 11 is 0. The van der Waals surface area contributed by atoms with Crippen LogP contribution >= 0.6 is 0 Å². The zero-order valence-corrected chi connectivity index (χ0v) is 15.4. The van der Waals surface area contributed by atoms with Crippen molar-refractivity contribution >= 4 is 12.1 Å². The molecule has 0 aromatic carbocycles. The smallest absolute Gasteiger partial charge is 0.409 e. The Kier molecular flexibility index (Phi) is 4.43. The van der Waals surface area contributed by atoms with Crippen molar-refractivity contribution in [3.05, 3.63) is 0 Å². The number of nitrogens with one attached hydrogen (secondary N) is 1. The number of fused-ring (bicyclic) bond motifs is 2. The van der Waals surface area contributed by atoms with Gasteiger partial charge in [0.25, 0.3) is 0 Å². The van der Waals surface area contributed by atoms with Crippen LogP contribution in [0.4, 0.5) is 9.59 Å². The minimum absolute atomic E-state index is 0.0214. The summed E-state index contributed by atoms with van der Waals surface area (Å²) in [6, 6.07) is 0.287. The molecule has 24 heavy (non-hydrogen) atoms. The molecule has 0 aromatic rings. The summed E-state index contributed by atoms with van der Waals surface area (Å²) in [6.07, 6.45) is 3.30. The van der Waals surface area contributed by atoms with Gasteiger partial charge in [0.2, 0.25) is 0 Å². The lowest BCUT2D eigenvalue weighted by atomic mass is 9.69. The predicted molar refractivity (Wildman–Crippen MR) is 91.7 cm³/mol. The highest BCUT2D eigenvalue weighted by Crippen LogP contribution is 2.65. The fourth-order valence-electron chi connectivity index (χ4n) is 4.97. The lowest BCUT2D eigenvalue weighted by Crippen LogP contribution is -2.56. The SMILES string of the molecule is CCOC(=O)N1CCN(C(=O)N[C@@H]2C[C@H]3CC[C@@]2(C)C3(C)C)CC1. The zero-order valence-electron chi connectivity index (χ0n) is 15.4. The van der Waals surface area contributed by atoms with Crippen LogP contribution in [0.2, 0.25) is 0 Å². The largest absolute Gasteiger partial charge is 0.450 e. The van der Waals surface area contributed by atoms with E-state index in [0.29, 0.717) is 44.1 Å². The van der Waals surface area contributed by atoms with Gasteiger partial charge in [0.1, 0.15) is 0 Å². The van der Waals surface area contributed by atoms with E-state index < -0.39 is 0 Å². The monoisotopic (exact) mass is 337 g/mol. The van der Waals surface area contributed by atoms with Gasteiger partial charge in [-0.15, -0.1) is 0 Å². The molecule has 3 amide bonds. The number of hydrogen-bond acceptors (Lipinski definition) is 3. The van der Waals surface area contributed by atoms with Crippen molar-refractivity contribution in [1.29, 1.82) is 0 Å². The summed E-state index contributed by atoms with van der Waals surface area (Å²) in [5.74, 6) is 0.716. The van der Waals surface area contributed by atoms with E-state index in [1.165, 1.54) is 12.8 Å². The van der Waals surface area contributed by atoms with Gasteiger partial charge in [-0.2, -0.15) is 0 Å². The van der Waals surface area contributed by atoms with Crippen LogP contribution in [0.25, 0.3) is 0 Å². The highest BCUT2D eigenvalue weighted by molar-refractivity contribution is 5.75. The first-order valence-electron chi connectivity index (χ1n) is 9.26. The number of amides is 3. The van der Waals surface area contributed by atoms with Crippen LogP contribution in [0.15, 0.2) is 0 Å². The molecule has 6 nitrogen and oxygen atoms in total. The Labute approximate surface area is 144 Å². The fourth-order valence-corrected chi connectivity index (χ4v) is 4.97. The maximum atomic E-state index is 12.7. The molecule has 1 aliphatic heterocycles. The van der Waals surface area contributed by atoms with Crippen molar-refractivity contribution in [2.24, 2.45) is 16.7 Å². The summed E-state index contributed by atoms with van der Waals surface area (Å²) in [4.78, 5) is 27.9. The Bertz CT molecular complexity index is 514. The molecule has 2 bridgehead atoms. The second kappa shape index (κ2) is 6.12. The van der Waals surface area contributed by atoms with Gasteiger partial charge in [-0.1, -0.05) is 20.8 Å². The van der Waals surface area contributed by atoms with Gasteiger partial charge >= 0.3 is 12.1 Å². The first-order chi connectivity index (χ1) is 11.3. The van der Waals surface area contributed by atoms with Crippen molar-refractivity contribution in [2.75, 3.05) is 32.8 Å². The molecule has 3 fully saturated rings. The first kappa shape index (κ1) is 17.4. The van der Waals surface area contributed by atoms with Crippen molar-refractivity contribution in [1.82, 2.24) is 15.1 Å². The Hall–Kier alpha value is -1.46. The number of urea groups is 1. The second-order valence-corrected chi connectivity index (χ2v) is 8.29. The number of hydrogen-bond donors (Lipinski definition) is 1. The maximum Gasteiger partial charge on any atom is 0.409 e. The van der Waals surface area contributed by atoms with Crippen LogP contribution < -0.4 is 5.32 Å². The highest BCUT2D eigenvalue weighted by atomic mass is 16.6. The number of ether oxygens (including phenoxy) is 1. The van der Waals surface area contributed by atoms with E-state index in [9.17, 15) is 9.59 Å². The third-order valence-corrected chi connectivity index (χ3v) is 7.18. The number of carbonyl (C=O) groups is 2. The number of rotatable bonds is 2. The molecule has 6 heteroatoms. The van der Waals surface area contributed by atoms with Crippen molar-refractivity contribution in [3.63, 3.8) is 0 Å². The topological polar surface area (TPSA) is 61.9 Å². The van der Waals surface area contributed by atoms with Crippen LogP contribution in [0, 0.1) is 16.7 Å². The summed E-state index contributed by atoms with van der Waals surface area (Å²) in [6.45, 7) is 11.5. The van der Waals surface area contributed by atoms with Crippen LogP contribution in [0.5, 0.6) is 0 Å². The van der Waals surface area contributed by atoms with Crippen LogP contribution in [0.3, 0.4) is 0 Å². The molecule has 0 unspecified atom stereocenters. The van der Waals surface area contributed by atoms with Crippen molar-refractivity contribution in [3.8, 4) is 0 Å². The molecule has 3 rings (SSSR count). The number of piperazine rings is 1. The number of carbonyl (C=O) groups excluding carboxylic acids is 2. The van der Waals surface area contributed by atoms with Crippen LogP contribution in [-0.4, -0.2) is 60.8 Å². The second-order valence-electron chi connectivity index (χ2n) is 8.29. The van der Waals surface area contributed by atoms with E-state index in [1.54, 1.807) is 11.8 Å². The van der Waals surface area contributed by atoms with Crippen LogP contribution in [0.1, 0.15) is 47.0 Å². The quantitative estimate of drug-likeness (QED) is 0.843. The number of nitrogens with zero attached hydrogens (tertiary/aromatic N) is 2. The van der Waals surface area contributed by atoms with Crippen molar-refractivity contribution < 1.29 is 14.3 Å². The van der Waals surface area contributed by atoms with Gasteiger partial charge in [0, 0.05) is 32.2 Å². The molecule has 3 atom stereocenters. The van der Waals surface area contributed by atoms with Gasteiger partial charge in [-0.25, -0.2) is 9.59 Å². The Balaban J connectivity index is 1.53. The minimum atomic E-state index is -0.278. The van der Waals surface area contributed by atoms with Gasteiger partial charge in [0.15, 0.2) is 0 Å². The van der Waals surface area contributed by atoms with Gasteiger partial charge < -0.3 is 19.9 Å². The molecule has 0 spiro atoms. The summed E-state index contributed by atoms with van der Waals surface area (Å²) in [5.41, 5.74) is 0.494. The first-order valence-corrected chi connectivity index (χ1v) is 9.26. The summed E-state index contributed by atoms with van der Waals surface area (Å²) < 4.78 is 5.02. The normalized spacial score (nSPS) is 34.3. The van der Waals surface area contributed by atoms with E-state index in [4.69, 9.17) is 4.74 Å². The average molecular weight is 337 g/mol. The molecule has 3 aliphatic rings. The molecular weight excluding hydrogens is 306 g/mol.